The quantitative estimate of drug-likeness (QED) is 0.472. The van der Waals surface area contributed by atoms with Crippen molar-refractivity contribution >= 4 is 44.5 Å². The lowest BCUT2D eigenvalue weighted by Crippen LogP contribution is -2.25. The number of hydrogen-bond acceptors (Lipinski definition) is 7. The molecule has 29 heavy (non-hydrogen) atoms. The van der Waals surface area contributed by atoms with Gasteiger partial charge in [0.2, 0.25) is 5.78 Å². The summed E-state index contributed by atoms with van der Waals surface area (Å²) in [5.74, 6) is -0.288. The molecular weight excluding hydrogens is 412 g/mol. The third-order valence-electron chi connectivity index (χ3n) is 4.41. The number of aryl methyl sites for hydroxylation is 1. The van der Waals surface area contributed by atoms with Gasteiger partial charge in [0, 0.05) is 22.0 Å². The maximum Gasteiger partial charge on any atom is 0.282 e. The number of Topliss-reactive ketones (excluding diaryl/α,β-unsaturated/α-hetero) is 1. The summed E-state index contributed by atoms with van der Waals surface area (Å²) >= 11 is 7.15. The Bertz CT molecular complexity index is 1260. The van der Waals surface area contributed by atoms with Crippen molar-refractivity contribution in [3.8, 4) is 5.69 Å². The van der Waals surface area contributed by atoms with Gasteiger partial charge < -0.3 is 5.73 Å². The fourth-order valence-corrected chi connectivity index (χ4v) is 3.96. The minimum absolute atomic E-state index is 0.0343. The van der Waals surface area contributed by atoms with Crippen LogP contribution >= 0.6 is 22.9 Å². The largest absolute Gasteiger partial charge is 0.390 e. The number of benzene rings is 1. The summed E-state index contributed by atoms with van der Waals surface area (Å²) < 4.78 is 2.66. The van der Waals surface area contributed by atoms with Crippen LogP contribution in [-0.2, 0) is 13.0 Å². The first-order valence-corrected chi connectivity index (χ1v) is 10.2. The molecule has 0 amide bonds. The van der Waals surface area contributed by atoms with Gasteiger partial charge in [-0.05, 0) is 30.7 Å². The first-order chi connectivity index (χ1) is 14.0. The van der Waals surface area contributed by atoms with Crippen molar-refractivity contribution in [2.75, 3.05) is 5.73 Å². The van der Waals surface area contributed by atoms with Gasteiger partial charge in [-0.15, -0.1) is 16.4 Å². The van der Waals surface area contributed by atoms with Crippen molar-refractivity contribution in [1.29, 1.82) is 0 Å². The number of carbonyl (C=O) groups is 1. The first-order valence-electron chi connectivity index (χ1n) is 8.96. The molecule has 4 rings (SSSR count). The summed E-state index contributed by atoms with van der Waals surface area (Å²) in [6.45, 7) is 2.01. The number of nitrogens with zero attached hydrogens (tertiary/aromatic N) is 5. The summed E-state index contributed by atoms with van der Waals surface area (Å²) in [4.78, 5) is 26.0. The SMILES string of the molecule is CCCc1cn(CC(=O)c2nn(-c3ccc(Cl)cc3)c(=O)c3c(N)scc23)nn1. The van der Waals surface area contributed by atoms with Gasteiger partial charge in [-0.3, -0.25) is 9.59 Å². The number of halogens is 1. The van der Waals surface area contributed by atoms with Gasteiger partial charge >= 0.3 is 0 Å². The van der Waals surface area contributed by atoms with Crippen molar-refractivity contribution in [3.63, 3.8) is 0 Å². The Balaban J connectivity index is 1.80. The molecular formula is C19H17ClN6O2S. The summed E-state index contributed by atoms with van der Waals surface area (Å²) in [7, 11) is 0. The van der Waals surface area contributed by atoms with E-state index in [-0.39, 0.29) is 29.0 Å². The number of carbonyl (C=O) groups excluding carboxylic acids is 1. The minimum atomic E-state index is -0.386. The summed E-state index contributed by atoms with van der Waals surface area (Å²) in [5.41, 5.74) is 7.12. The molecule has 0 saturated heterocycles. The maximum atomic E-state index is 13.0. The van der Waals surface area contributed by atoms with Gasteiger partial charge in [0.15, 0.2) is 0 Å². The van der Waals surface area contributed by atoms with Crippen LogP contribution in [-0.4, -0.2) is 30.6 Å². The van der Waals surface area contributed by atoms with Gasteiger partial charge in [0.25, 0.3) is 5.56 Å². The third-order valence-corrected chi connectivity index (χ3v) is 5.48. The van der Waals surface area contributed by atoms with Crippen LogP contribution in [0.4, 0.5) is 5.00 Å². The van der Waals surface area contributed by atoms with Crippen molar-refractivity contribution in [1.82, 2.24) is 24.8 Å². The van der Waals surface area contributed by atoms with Crippen LogP contribution in [0.1, 0.15) is 29.5 Å². The Morgan fingerprint density at radius 1 is 1.28 bits per heavy atom. The zero-order chi connectivity index (χ0) is 20.5. The molecule has 0 radical (unpaired) electrons. The Kier molecular flexibility index (Phi) is 5.16. The van der Waals surface area contributed by atoms with E-state index in [9.17, 15) is 9.59 Å². The fraction of sp³-hybridized carbons (Fsp3) is 0.211. The summed E-state index contributed by atoms with van der Waals surface area (Å²) in [6.07, 6.45) is 3.48. The predicted octanol–water partition coefficient (Wildman–Crippen LogP) is 3.11. The van der Waals surface area contributed by atoms with E-state index in [2.05, 4.69) is 15.4 Å². The molecule has 3 heterocycles. The second-order valence-corrected chi connectivity index (χ2v) is 7.86. The highest BCUT2D eigenvalue weighted by Gasteiger charge is 2.21. The number of aromatic nitrogens is 5. The Morgan fingerprint density at radius 2 is 2.03 bits per heavy atom. The normalized spacial score (nSPS) is 11.2. The molecule has 0 saturated carbocycles. The predicted molar refractivity (Wildman–Crippen MR) is 113 cm³/mol. The molecule has 0 bridgehead atoms. The zero-order valence-electron chi connectivity index (χ0n) is 15.5. The van der Waals surface area contributed by atoms with Crippen molar-refractivity contribution in [2.24, 2.45) is 0 Å². The molecule has 0 aliphatic rings. The second-order valence-electron chi connectivity index (χ2n) is 6.51. The van der Waals surface area contributed by atoms with Crippen molar-refractivity contribution in [2.45, 2.75) is 26.3 Å². The minimum Gasteiger partial charge on any atom is -0.390 e. The summed E-state index contributed by atoms with van der Waals surface area (Å²) in [6, 6.07) is 6.62. The molecule has 148 valence electrons. The fourth-order valence-electron chi connectivity index (χ4n) is 3.04. The van der Waals surface area contributed by atoms with E-state index in [1.807, 2.05) is 6.92 Å². The molecule has 8 nitrogen and oxygen atoms in total. The van der Waals surface area contributed by atoms with Gasteiger partial charge in [-0.25, -0.2) is 4.68 Å². The number of nitrogens with two attached hydrogens (primary N) is 1. The lowest BCUT2D eigenvalue weighted by Gasteiger charge is -2.09. The highest BCUT2D eigenvalue weighted by molar-refractivity contribution is 7.15. The Labute approximate surface area is 174 Å². The van der Waals surface area contributed by atoms with E-state index in [4.69, 9.17) is 17.3 Å². The van der Waals surface area contributed by atoms with Crippen LogP contribution in [0.2, 0.25) is 5.02 Å². The van der Waals surface area contributed by atoms with Crippen LogP contribution in [0.3, 0.4) is 0 Å². The van der Waals surface area contributed by atoms with E-state index in [1.54, 1.807) is 35.8 Å². The number of fused-ring (bicyclic) bond motifs is 1. The van der Waals surface area contributed by atoms with Crippen LogP contribution in [0.15, 0.2) is 40.6 Å². The van der Waals surface area contributed by atoms with E-state index in [0.29, 0.717) is 21.1 Å². The number of hydrogen-bond donors (Lipinski definition) is 1. The standard InChI is InChI=1S/C19H17ClN6O2S/c1-2-3-12-8-25(24-22-12)9-15(27)17-14-10-29-18(21)16(14)19(28)26(23-17)13-6-4-11(20)5-7-13/h4-8,10H,2-3,9,21H2,1H3. The van der Waals surface area contributed by atoms with Crippen LogP contribution in [0, 0.1) is 0 Å². The molecule has 10 heteroatoms. The smallest absolute Gasteiger partial charge is 0.282 e. The van der Waals surface area contributed by atoms with Crippen LogP contribution < -0.4 is 11.3 Å². The molecule has 0 atom stereocenters. The van der Waals surface area contributed by atoms with Gasteiger partial charge in [0.05, 0.1) is 21.8 Å². The highest BCUT2D eigenvalue weighted by atomic mass is 35.5. The monoisotopic (exact) mass is 428 g/mol. The number of nitrogen functional groups attached to an aromatic ring is 1. The Morgan fingerprint density at radius 3 is 2.76 bits per heavy atom. The first kappa shape index (κ1) is 19.3. The third kappa shape index (κ3) is 3.66. The van der Waals surface area contributed by atoms with E-state index in [1.165, 1.54) is 20.7 Å². The van der Waals surface area contributed by atoms with Crippen molar-refractivity contribution < 1.29 is 4.79 Å². The lowest BCUT2D eigenvalue weighted by molar-refractivity contribution is 0.0962. The van der Waals surface area contributed by atoms with Gasteiger partial charge in [0.1, 0.15) is 12.2 Å². The lowest BCUT2D eigenvalue weighted by atomic mass is 10.1. The second kappa shape index (κ2) is 7.76. The summed E-state index contributed by atoms with van der Waals surface area (Å²) in [5, 5.41) is 15.7. The topological polar surface area (TPSA) is 109 Å². The molecule has 4 aromatic rings. The highest BCUT2D eigenvalue weighted by Crippen LogP contribution is 2.28. The molecule has 1 aromatic carbocycles. The maximum absolute atomic E-state index is 13.0. The molecule has 0 unspecified atom stereocenters. The Hall–Kier alpha value is -3.04. The van der Waals surface area contributed by atoms with Gasteiger partial charge in [-0.2, -0.15) is 9.78 Å². The molecule has 0 aliphatic carbocycles. The molecule has 3 aromatic heterocycles. The average Bonchev–Trinajstić information content (AvgIpc) is 3.30. The molecule has 2 N–H and O–H groups in total. The van der Waals surface area contributed by atoms with Crippen LogP contribution in [0.25, 0.3) is 16.5 Å². The molecule has 0 fully saturated rings. The molecule has 0 aliphatic heterocycles. The van der Waals surface area contributed by atoms with Gasteiger partial charge in [-0.1, -0.05) is 30.2 Å². The van der Waals surface area contributed by atoms with Crippen molar-refractivity contribution in [3.05, 3.63) is 62.6 Å². The van der Waals surface area contributed by atoms with E-state index >= 15 is 0 Å². The number of rotatable bonds is 6. The average molecular weight is 429 g/mol. The van der Waals surface area contributed by atoms with E-state index in [0.717, 1.165) is 18.5 Å². The van der Waals surface area contributed by atoms with Crippen LogP contribution in [0.5, 0.6) is 0 Å². The number of ketones is 1. The number of thiophene rings is 1. The molecule has 0 spiro atoms. The van der Waals surface area contributed by atoms with E-state index < -0.39 is 0 Å². The number of anilines is 1. The zero-order valence-corrected chi connectivity index (χ0v) is 17.1.